The van der Waals surface area contributed by atoms with Crippen molar-refractivity contribution in [3.05, 3.63) is 82.4 Å². The highest BCUT2D eigenvalue weighted by Gasteiger charge is 2.21. The molecular formula is C21H19N3O7S. The van der Waals surface area contributed by atoms with E-state index in [1.165, 1.54) is 44.6 Å². The molecular weight excluding hydrogens is 438 g/mol. The summed E-state index contributed by atoms with van der Waals surface area (Å²) in [5.41, 5.74) is 0.0310. The second-order valence-electron chi connectivity index (χ2n) is 6.43. The third kappa shape index (κ3) is 4.95. The number of rotatable bonds is 8. The summed E-state index contributed by atoms with van der Waals surface area (Å²) in [5, 5.41) is 13.6. The summed E-state index contributed by atoms with van der Waals surface area (Å²) in [7, 11) is -1.26. The number of benzene rings is 3. The summed E-state index contributed by atoms with van der Waals surface area (Å²) >= 11 is 0. The molecule has 3 rings (SSSR count). The third-order valence-corrected chi connectivity index (χ3v) is 5.77. The minimum absolute atomic E-state index is 0.00369. The Hall–Kier alpha value is -4.12. The Morgan fingerprint density at radius 3 is 2.38 bits per heavy atom. The lowest BCUT2D eigenvalue weighted by Gasteiger charge is -2.14. The zero-order valence-electron chi connectivity index (χ0n) is 17.1. The topological polar surface area (TPSA) is 137 Å². The molecule has 3 aromatic rings. The summed E-state index contributed by atoms with van der Waals surface area (Å²) in [5.74, 6) is 0.295. The van der Waals surface area contributed by atoms with E-state index in [2.05, 4.69) is 10.0 Å². The molecule has 0 radical (unpaired) electrons. The number of nitro groups is 1. The number of hydrogen-bond acceptors (Lipinski definition) is 7. The summed E-state index contributed by atoms with van der Waals surface area (Å²) in [4.78, 5) is 22.9. The lowest BCUT2D eigenvalue weighted by Crippen LogP contribution is -2.19. The van der Waals surface area contributed by atoms with Gasteiger partial charge in [-0.2, -0.15) is 0 Å². The largest absolute Gasteiger partial charge is 0.497 e. The normalized spacial score (nSPS) is 10.8. The van der Waals surface area contributed by atoms with Gasteiger partial charge in [0.1, 0.15) is 11.5 Å². The minimum atomic E-state index is -4.20. The molecule has 3 aromatic carbocycles. The number of ether oxygens (including phenoxy) is 2. The molecule has 0 atom stereocenters. The predicted octanol–water partition coefficient (Wildman–Crippen LogP) is 3.67. The van der Waals surface area contributed by atoms with Crippen LogP contribution in [-0.4, -0.2) is 33.5 Å². The van der Waals surface area contributed by atoms with Crippen LogP contribution in [0.4, 0.5) is 17.1 Å². The molecule has 11 heteroatoms. The van der Waals surface area contributed by atoms with Crippen LogP contribution < -0.4 is 19.5 Å². The molecule has 0 aliphatic carbocycles. The van der Waals surface area contributed by atoms with E-state index in [1.807, 2.05) is 0 Å². The average Bonchev–Trinajstić information content (AvgIpc) is 2.79. The van der Waals surface area contributed by atoms with Crippen molar-refractivity contribution in [2.24, 2.45) is 0 Å². The number of nitrogens with zero attached hydrogens (tertiary/aromatic N) is 1. The van der Waals surface area contributed by atoms with E-state index in [1.54, 1.807) is 30.3 Å². The molecule has 0 aromatic heterocycles. The van der Waals surface area contributed by atoms with Crippen molar-refractivity contribution < 1.29 is 27.6 Å². The van der Waals surface area contributed by atoms with Crippen LogP contribution in [0.2, 0.25) is 0 Å². The van der Waals surface area contributed by atoms with Gasteiger partial charge >= 0.3 is 0 Å². The fraction of sp³-hybridized carbons (Fsp3) is 0.0952. The Morgan fingerprint density at radius 2 is 1.69 bits per heavy atom. The van der Waals surface area contributed by atoms with E-state index in [0.29, 0.717) is 17.2 Å². The van der Waals surface area contributed by atoms with Crippen LogP contribution in [0.5, 0.6) is 11.5 Å². The first-order valence-corrected chi connectivity index (χ1v) is 10.6. The first kappa shape index (κ1) is 22.6. The number of sulfonamides is 1. The maximum absolute atomic E-state index is 12.9. The SMILES string of the molecule is COc1ccc(NC(=O)c2ccccc2NS(=O)(=O)c2cccc([N+](=O)[O-])c2)c(OC)c1. The van der Waals surface area contributed by atoms with Gasteiger partial charge in [-0.25, -0.2) is 8.42 Å². The van der Waals surface area contributed by atoms with E-state index in [4.69, 9.17) is 9.47 Å². The maximum atomic E-state index is 12.9. The number of amides is 1. The second kappa shape index (κ2) is 9.35. The van der Waals surface area contributed by atoms with Crippen LogP contribution in [0.15, 0.2) is 71.6 Å². The molecule has 0 unspecified atom stereocenters. The van der Waals surface area contributed by atoms with Crippen LogP contribution in [0.1, 0.15) is 10.4 Å². The smallest absolute Gasteiger partial charge is 0.270 e. The minimum Gasteiger partial charge on any atom is -0.497 e. The van der Waals surface area contributed by atoms with Crippen LogP contribution in [0.25, 0.3) is 0 Å². The molecule has 0 bridgehead atoms. The summed E-state index contributed by atoms with van der Waals surface area (Å²) in [6, 6.07) is 15.4. The van der Waals surface area contributed by atoms with Crippen molar-refractivity contribution in [1.82, 2.24) is 0 Å². The molecule has 0 saturated carbocycles. The zero-order valence-corrected chi connectivity index (χ0v) is 17.9. The van der Waals surface area contributed by atoms with Gasteiger partial charge in [-0.15, -0.1) is 0 Å². The van der Waals surface area contributed by atoms with Crippen molar-refractivity contribution in [3.8, 4) is 11.5 Å². The van der Waals surface area contributed by atoms with E-state index in [-0.39, 0.29) is 21.8 Å². The number of carbonyl (C=O) groups excluding carboxylic acids is 1. The Kier molecular flexibility index (Phi) is 6.59. The van der Waals surface area contributed by atoms with Crippen LogP contribution in [0, 0.1) is 10.1 Å². The van der Waals surface area contributed by atoms with Crippen LogP contribution in [-0.2, 0) is 10.0 Å². The number of carbonyl (C=O) groups is 1. The van der Waals surface area contributed by atoms with Gasteiger partial charge in [0.2, 0.25) is 0 Å². The first-order valence-electron chi connectivity index (χ1n) is 9.15. The average molecular weight is 457 g/mol. The van der Waals surface area contributed by atoms with E-state index >= 15 is 0 Å². The molecule has 0 saturated heterocycles. The quantitative estimate of drug-likeness (QED) is 0.389. The number of para-hydroxylation sites is 1. The standard InChI is InChI=1S/C21H19N3O7S/c1-30-15-10-11-19(20(13-15)31-2)22-21(25)17-8-3-4-9-18(17)23-32(28,29)16-7-5-6-14(12-16)24(26)27/h3-13,23H,1-2H3,(H,22,25). The Balaban J connectivity index is 1.90. The first-order chi connectivity index (χ1) is 15.2. The molecule has 2 N–H and O–H groups in total. The van der Waals surface area contributed by atoms with Gasteiger partial charge in [0.25, 0.3) is 21.6 Å². The number of hydrogen-bond donors (Lipinski definition) is 2. The molecule has 0 fully saturated rings. The number of anilines is 2. The summed E-state index contributed by atoms with van der Waals surface area (Å²) in [6.45, 7) is 0. The van der Waals surface area contributed by atoms with E-state index < -0.39 is 20.9 Å². The highest BCUT2D eigenvalue weighted by atomic mass is 32.2. The number of nitro benzene ring substituents is 1. The second-order valence-corrected chi connectivity index (χ2v) is 8.11. The van der Waals surface area contributed by atoms with Gasteiger partial charge in [0.05, 0.1) is 41.0 Å². The van der Waals surface area contributed by atoms with Gasteiger partial charge in [-0.05, 0) is 30.3 Å². The van der Waals surface area contributed by atoms with Gasteiger partial charge < -0.3 is 14.8 Å². The monoisotopic (exact) mass is 457 g/mol. The number of nitrogens with one attached hydrogen (secondary N) is 2. The lowest BCUT2D eigenvalue weighted by atomic mass is 10.1. The molecule has 1 amide bonds. The van der Waals surface area contributed by atoms with Gasteiger partial charge in [0.15, 0.2) is 0 Å². The van der Waals surface area contributed by atoms with Gasteiger partial charge in [-0.1, -0.05) is 18.2 Å². The lowest BCUT2D eigenvalue weighted by molar-refractivity contribution is -0.385. The molecule has 0 spiro atoms. The molecule has 0 aliphatic rings. The van der Waals surface area contributed by atoms with Crippen molar-refractivity contribution in [1.29, 1.82) is 0 Å². The predicted molar refractivity (Wildman–Crippen MR) is 118 cm³/mol. The van der Waals surface area contributed by atoms with Crippen LogP contribution >= 0.6 is 0 Å². The van der Waals surface area contributed by atoms with Crippen molar-refractivity contribution in [2.45, 2.75) is 4.90 Å². The Morgan fingerprint density at radius 1 is 0.938 bits per heavy atom. The van der Waals surface area contributed by atoms with Crippen LogP contribution in [0.3, 0.4) is 0 Å². The number of methoxy groups -OCH3 is 2. The highest BCUT2D eigenvalue weighted by molar-refractivity contribution is 7.92. The third-order valence-electron chi connectivity index (χ3n) is 4.41. The number of non-ortho nitro benzene ring substituents is 1. The maximum Gasteiger partial charge on any atom is 0.270 e. The fourth-order valence-corrected chi connectivity index (χ4v) is 3.95. The molecule has 32 heavy (non-hydrogen) atoms. The summed E-state index contributed by atoms with van der Waals surface area (Å²) in [6.07, 6.45) is 0. The van der Waals surface area contributed by atoms with E-state index in [0.717, 1.165) is 6.07 Å². The highest BCUT2D eigenvalue weighted by Crippen LogP contribution is 2.30. The molecule has 0 heterocycles. The van der Waals surface area contributed by atoms with Gasteiger partial charge in [0, 0.05) is 18.2 Å². The Bertz CT molecular complexity index is 1280. The van der Waals surface area contributed by atoms with Gasteiger partial charge in [-0.3, -0.25) is 19.6 Å². The molecule has 0 aliphatic heterocycles. The molecule has 166 valence electrons. The van der Waals surface area contributed by atoms with Crippen molar-refractivity contribution in [3.63, 3.8) is 0 Å². The van der Waals surface area contributed by atoms with Crippen molar-refractivity contribution in [2.75, 3.05) is 24.3 Å². The zero-order chi connectivity index (χ0) is 23.3. The van der Waals surface area contributed by atoms with E-state index in [9.17, 15) is 23.3 Å². The summed E-state index contributed by atoms with van der Waals surface area (Å²) < 4.78 is 38.3. The Labute approximate surface area is 184 Å². The molecule has 10 nitrogen and oxygen atoms in total. The van der Waals surface area contributed by atoms with Crippen molar-refractivity contribution >= 4 is 33.0 Å². The fourth-order valence-electron chi connectivity index (χ4n) is 2.83.